The van der Waals surface area contributed by atoms with Crippen LogP contribution in [0.25, 0.3) is 0 Å². The molecule has 2 aromatic carbocycles. The molecule has 1 unspecified atom stereocenters. The van der Waals surface area contributed by atoms with Gasteiger partial charge in [0.25, 0.3) is 8.32 Å². The van der Waals surface area contributed by atoms with Gasteiger partial charge in [0.15, 0.2) is 8.32 Å². The summed E-state index contributed by atoms with van der Waals surface area (Å²) in [5.41, 5.74) is 0. The minimum atomic E-state index is -2.42. The molecule has 0 bridgehead atoms. The van der Waals surface area contributed by atoms with E-state index in [0.717, 1.165) is 26.1 Å². The molecular weight excluding hydrogens is 424 g/mol. The van der Waals surface area contributed by atoms with Gasteiger partial charge in [0, 0.05) is 13.2 Å². The first-order chi connectivity index (χ1) is 14.8. The first-order valence-corrected chi connectivity index (χ1v) is 17.0. The largest absolute Gasteiger partial charge is 0.417 e. The van der Waals surface area contributed by atoms with Crippen LogP contribution in [0.2, 0.25) is 23.2 Å². The summed E-state index contributed by atoms with van der Waals surface area (Å²) in [7, 11) is -4.10. The Morgan fingerprint density at radius 2 is 1.19 bits per heavy atom. The van der Waals surface area contributed by atoms with Gasteiger partial charge in [0.1, 0.15) is 0 Å². The number of benzene rings is 2. The Morgan fingerprint density at radius 3 is 1.59 bits per heavy atom. The highest BCUT2D eigenvalue weighted by Crippen LogP contribution is 2.38. The fourth-order valence-corrected chi connectivity index (χ4v) is 9.81. The standard InChI is InChI=1S/C28H46O2Si2/c1-24(23-30-31(8,9)27(2,3)4)17-16-22-29-32(28(5,6)7,25-18-12-10-13-19-25)26-20-14-11-15-21-26/h10-15,18-21,24H,16-17,22-23H2,1-9H3. The fraction of sp³-hybridized carbons (Fsp3) is 0.571. The third-order valence-electron chi connectivity index (χ3n) is 7.11. The van der Waals surface area contributed by atoms with Gasteiger partial charge in [-0.25, -0.2) is 0 Å². The average Bonchev–Trinajstić information content (AvgIpc) is 2.72. The van der Waals surface area contributed by atoms with Crippen molar-refractivity contribution >= 4 is 27.0 Å². The molecule has 0 aliphatic heterocycles. The van der Waals surface area contributed by atoms with Gasteiger partial charge < -0.3 is 8.85 Å². The molecule has 0 aliphatic rings. The van der Waals surface area contributed by atoms with Crippen LogP contribution in [0.4, 0.5) is 0 Å². The molecule has 0 spiro atoms. The lowest BCUT2D eigenvalue weighted by atomic mass is 10.1. The molecule has 0 aliphatic carbocycles. The summed E-state index contributed by atoms with van der Waals surface area (Å²) >= 11 is 0. The molecule has 0 aromatic heterocycles. The second kappa shape index (κ2) is 10.8. The molecule has 0 saturated carbocycles. The van der Waals surface area contributed by atoms with Crippen LogP contribution in [0.15, 0.2) is 60.7 Å². The summed E-state index contributed by atoms with van der Waals surface area (Å²) < 4.78 is 13.5. The highest BCUT2D eigenvalue weighted by molar-refractivity contribution is 6.99. The third-order valence-corrected chi connectivity index (χ3v) is 16.7. The van der Waals surface area contributed by atoms with Gasteiger partial charge in [0.2, 0.25) is 0 Å². The summed E-state index contributed by atoms with van der Waals surface area (Å²) in [5.74, 6) is 0.548. The average molecular weight is 471 g/mol. The van der Waals surface area contributed by atoms with E-state index in [1.807, 2.05) is 0 Å². The van der Waals surface area contributed by atoms with Crippen LogP contribution in [0.5, 0.6) is 0 Å². The molecule has 0 fully saturated rings. The lowest BCUT2D eigenvalue weighted by Crippen LogP contribution is -2.66. The maximum atomic E-state index is 7.02. The monoisotopic (exact) mass is 470 g/mol. The summed E-state index contributed by atoms with van der Waals surface area (Å²) in [5, 5.41) is 3.01. The Morgan fingerprint density at radius 1 is 0.719 bits per heavy atom. The van der Waals surface area contributed by atoms with Gasteiger partial charge in [-0.1, -0.05) is 109 Å². The maximum absolute atomic E-state index is 7.02. The first kappa shape index (κ1) is 27.0. The smallest absolute Gasteiger partial charge is 0.261 e. The van der Waals surface area contributed by atoms with Crippen LogP contribution >= 0.6 is 0 Å². The molecule has 178 valence electrons. The van der Waals surface area contributed by atoms with Crippen LogP contribution < -0.4 is 10.4 Å². The summed E-state index contributed by atoms with van der Waals surface area (Å²) in [4.78, 5) is 0. The molecule has 2 aromatic rings. The van der Waals surface area contributed by atoms with Crippen molar-refractivity contribution in [2.24, 2.45) is 5.92 Å². The zero-order valence-electron chi connectivity index (χ0n) is 22.0. The molecule has 32 heavy (non-hydrogen) atoms. The minimum Gasteiger partial charge on any atom is -0.417 e. The minimum absolute atomic E-state index is 0.0345. The zero-order valence-corrected chi connectivity index (χ0v) is 24.0. The van der Waals surface area contributed by atoms with Crippen molar-refractivity contribution in [1.29, 1.82) is 0 Å². The van der Waals surface area contributed by atoms with Gasteiger partial charge in [-0.15, -0.1) is 0 Å². The molecule has 0 radical (unpaired) electrons. The van der Waals surface area contributed by atoms with E-state index in [-0.39, 0.29) is 10.1 Å². The first-order valence-electron chi connectivity index (χ1n) is 12.2. The molecule has 2 rings (SSSR count). The van der Waals surface area contributed by atoms with E-state index in [9.17, 15) is 0 Å². The van der Waals surface area contributed by atoms with Crippen LogP contribution in [0.3, 0.4) is 0 Å². The maximum Gasteiger partial charge on any atom is 0.261 e. The Kier molecular flexibility index (Phi) is 9.14. The van der Waals surface area contributed by atoms with E-state index in [4.69, 9.17) is 8.85 Å². The van der Waals surface area contributed by atoms with Crippen LogP contribution in [-0.2, 0) is 8.85 Å². The van der Waals surface area contributed by atoms with Crippen molar-refractivity contribution in [2.45, 2.75) is 84.5 Å². The molecular formula is C28H46O2Si2. The van der Waals surface area contributed by atoms with Crippen molar-refractivity contribution < 1.29 is 8.85 Å². The topological polar surface area (TPSA) is 18.5 Å². The van der Waals surface area contributed by atoms with E-state index in [2.05, 4.69) is 122 Å². The molecule has 2 nitrogen and oxygen atoms in total. The van der Waals surface area contributed by atoms with E-state index in [0.29, 0.717) is 5.92 Å². The summed E-state index contributed by atoms with van der Waals surface area (Å²) in [6, 6.07) is 21.8. The molecule has 1 atom stereocenters. The summed E-state index contributed by atoms with van der Waals surface area (Å²) in [6.07, 6.45) is 2.19. The van der Waals surface area contributed by atoms with Gasteiger partial charge >= 0.3 is 0 Å². The Bertz CT molecular complexity index is 765. The molecule has 4 heteroatoms. The number of hydrogen-bond acceptors (Lipinski definition) is 2. The van der Waals surface area contributed by atoms with E-state index in [1.54, 1.807) is 0 Å². The molecule has 0 heterocycles. The lowest BCUT2D eigenvalue weighted by molar-refractivity contribution is 0.215. The van der Waals surface area contributed by atoms with Crippen molar-refractivity contribution in [3.8, 4) is 0 Å². The number of rotatable bonds is 10. The molecule has 0 N–H and O–H groups in total. The Hall–Kier alpha value is -1.21. The van der Waals surface area contributed by atoms with Gasteiger partial charge in [-0.3, -0.25) is 0 Å². The normalized spacial score (nSPS) is 14.4. The van der Waals surface area contributed by atoms with Crippen LogP contribution in [0.1, 0.15) is 61.3 Å². The predicted molar refractivity (Wildman–Crippen MR) is 145 cm³/mol. The molecule has 0 amide bonds. The summed E-state index contributed by atoms with van der Waals surface area (Å²) in [6.45, 7) is 22.6. The highest BCUT2D eigenvalue weighted by atomic mass is 28.4. The van der Waals surface area contributed by atoms with Gasteiger partial charge in [-0.2, -0.15) is 0 Å². The van der Waals surface area contributed by atoms with E-state index >= 15 is 0 Å². The van der Waals surface area contributed by atoms with Crippen molar-refractivity contribution in [2.75, 3.05) is 13.2 Å². The van der Waals surface area contributed by atoms with Gasteiger partial charge in [-0.05, 0) is 52.3 Å². The van der Waals surface area contributed by atoms with Crippen LogP contribution in [0, 0.1) is 5.92 Å². The fourth-order valence-electron chi connectivity index (χ4n) is 4.07. The second-order valence-corrected chi connectivity index (χ2v) is 20.9. The predicted octanol–water partition coefficient (Wildman–Crippen LogP) is 7.00. The second-order valence-electron chi connectivity index (χ2n) is 11.8. The van der Waals surface area contributed by atoms with E-state index < -0.39 is 16.6 Å². The number of hydrogen-bond donors (Lipinski definition) is 0. The Balaban J connectivity index is 2.11. The van der Waals surface area contributed by atoms with Crippen molar-refractivity contribution in [3.05, 3.63) is 60.7 Å². The quantitative estimate of drug-likeness (QED) is 0.275. The zero-order chi connectivity index (χ0) is 24.0. The lowest BCUT2D eigenvalue weighted by Gasteiger charge is -2.43. The molecule has 0 saturated heterocycles. The SMILES string of the molecule is CC(CCCO[Si](c1ccccc1)(c1ccccc1)C(C)(C)C)CO[Si](C)(C)C(C)(C)C. The van der Waals surface area contributed by atoms with Gasteiger partial charge in [0.05, 0.1) is 0 Å². The van der Waals surface area contributed by atoms with Crippen molar-refractivity contribution in [3.63, 3.8) is 0 Å². The van der Waals surface area contributed by atoms with Crippen LogP contribution in [-0.4, -0.2) is 29.8 Å². The van der Waals surface area contributed by atoms with E-state index in [1.165, 1.54) is 10.4 Å². The Labute approximate surface area is 200 Å². The highest BCUT2D eigenvalue weighted by Gasteiger charge is 2.50. The third kappa shape index (κ3) is 6.43. The van der Waals surface area contributed by atoms with Crippen molar-refractivity contribution in [1.82, 2.24) is 0 Å².